The van der Waals surface area contributed by atoms with E-state index in [1.54, 1.807) is 0 Å². The molecule has 0 bridgehead atoms. The van der Waals surface area contributed by atoms with E-state index in [2.05, 4.69) is 70.3 Å². The lowest BCUT2D eigenvalue weighted by Gasteiger charge is -2.38. The predicted molar refractivity (Wildman–Crippen MR) is 89.4 cm³/mol. The highest BCUT2D eigenvalue weighted by Gasteiger charge is 2.39. The van der Waals surface area contributed by atoms with Crippen molar-refractivity contribution in [3.8, 4) is 0 Å². The first-order valence-electron chi connectivity index (χ1n) is 7.72. The zero-order valence-corrected chi connectivity index (χ0v) is 14.6. The van der Waals surface area contributed by atoms with Crippen LogP contribution in [-0.2, 0) is 4.43 Å². The zero-order chi connectivity index (χ0) is 14.8. The van der Waals surface area contributed by atoms with Crippen molar-refractivity contribution in [1.29, 1.82) is 0 Å². The van der Waals surface area contributed by atoms with Gasteiger partial charge in [0.1, 0.15) is 0 Å². The van der Waals surface area contributed by atoms with Crippen LogP contribution in [-0.4, -0.2) is 8.32 Å². The third-order valence-electron chi connectivity index (χ3n) is 4.83. The van der Waals surface area contributed by atoms with Crippen LogP contribution in [0.4, 0.5) is 0 Å². The molecule has 1 aromatic rings. The number of hydrogen-bond acceptors (Lipinski definition) is 1. The Morgan fingerprint density at radius 3 is 2.25 bits per heavy atom. The normalized spacial score (nSPS) is 20.4. The lowest BCUT2D eigenvalue weighted by Crippen LogP contribution is -2.40. The third kappa shape index (κ3) is 3.54. The molecule has 0 unspecified atom stereocenters. The topological polar surface area (TPSA) is 9.23 Å². The van der Waals surface area contributed by atoms with Gasteiger partial charge in [-0.3, -0.25) is 0 Å². The van der Waals surface area contributed by atoms with Gasteiger partial charge in [-0.25, -0.2) is 0 Å². The summed E-state index contributed by atoms with van der Waals surface area (Å²) in [7, 11) is -1.66. The maximum atomic E-state index is 6.43. The van der Waals surface area contributed by atoms with E-state index in [9.17, 15) is 0 Å². The smallest absolute Gasteiger partial charge is 0.250 e. The summed E-state index contributed by atoms with van der Waals surface area (Å²) in [6, 6.07) is 10.9. The van der Waals surface area contributed by atoms with Crippen molar-refractivity contribution in [3.63, 3.8) is 0 Å². The molecule has 1 nitrogen and oxygen atoms in total. The standard InChI is InChI=1S/C18H28OSi/c1-18(2,3)20(4,5)19-17-13-11-16(12-14-17)15-9-7-6-8-10-15/h6-10,13,16H,11-12,14H2,1-5H3/t16-/m0/s1. The van der Waals surface area contributed by atoms with Crippen molar-refractivity contribution in [3.05, 3.63) is 47.7 Å². The van der Waals surface area contributed by atoms with Gasteiger partial charge in [0.15, 0.2) is 0 Å². The van der Waals surface area contributed by atoms with Gasteiger partial charge < -0.3 is 4.43 Å². The second-order valence-electron chi connectivity index (χ2n) is 7.41. The molecule has 0 fully saturated rings. The summed E-state index contributed by atoms with van der Waals surface area (Å²) in [5, 5.41) is 0.282. The molecule has 0 spiro atoms. The van der Waals surface area contributed by atoms with Crippen LogP contribution in [0.3, 0.4) is 0 Å². The van der Waals surface area contributed by atoms with Crippen molar-refractivity contribution in [1.82, 2.24) is 0 Å². The van der Waals surface area contributed by atoms with Crippen molar-refractivity contribution >= 4 is 8.32 Å². The fourth-order valence-corrected chi connectivity index (χ4v) is 3.56. The molecule has 0 saturated heterocycles. The maximum absolute atomic E-state index is 6.43. The van der Waals surface area contributed by atoms with Crippen LogP contribution in [0.2, 0.25) is 18.1 Å². The molecule has 1 atom stereocenters. The van der Waals surface area contributed by atoms with Gasteiger partial charge in [0.25, 0.3) is 0 Å². The van der Waals surface area contributed by atoms with E-state index in [0.29, 0.717) is 5.92 Å². The Labute approximate surface area is 125 Å². The van der Waals surface area contributed by atoms with E-state index < -0.39 is 8.32 Å². The second kappa shape index (κ2) is 5.77. The summed E-state index contributed by atoms with van der Waals surface area (Å²) >= 11 is 0. The van der Waals surface area contributed by atoms with Crippen LogP contribution in [0.15, 0.2) is 42.2 Å². The Morgan fingerprint density at radius 2 is 1.75 bits per heavy atom. The van der Waals surface area contributed by atoms with Gasteiger partial charge in [0.05, 0.1) is 5.76 Å². The summed E-state index contributed by atoms with van der Waals surface area (Å²) in [4.78, 5) is 0. The Bertz CT molecular complexity index is 468. The lowest BCUT2D eigenvalue weighted by molar-refractivity contribution is 0.344. The molecular weight excluding hydrogens is 260 g/mol. The van der Waals surface area contributed by atoms with Crippen LogP contribution in [0.1, 0.15) is 51.5 Å². The lowest BCUT2D eigenvalue weighted by atomic mass is 9.87. The van der Waals surface area contributed by atoms with Crippen molar-refractivity contribution in [2.24, 2.45) is 0 Å². The minimum atomic E-state index is -1.66. The Morgan fingerprint density at radius 1 is 1.10 bits per heavy atom. The fourth-order valence-electron chi connectivity index (χ4n) is 2.41. The van der Waals surface area contributed by atoms with Crippen LogP contribution < -0.4 is 0 Å². The molecule has 110 valence electrons. The van der Waals surface area contributed by atoms with Gasteiger partial charge in [-0.1, -0.05) is 51.1 Å². The molecular formula is C18H28OSi. The molecule has 20 heavy (non-hydrogen) atoms. The zero-order valence-electron chi connectivity index (χ0n) is 13.6. The van der Waals surface area contributed by atoms with E-state index in [4.69, 9.17) is 4.43 Å². The number of allylic oxidation sites excluding steroid dienone is 2. The molecule has 2 heteroatoms. The first-order valence-corrected chi connectivity index (χ1v) is 10.6. The van der Waals surface area contributed by atoms with Crippen molar-refractivity contribution in [2.75, 3.05) is 0 Å². The molecule has 0 aromatic heterocycles. The number of benzene rings is 1. The van der Waals surface area contributed by atoms with Gasteiger partial charge in [0, 0.05) is 6.42 Å². The monoisotopic (exact) mass is 288 g/mol. The Hall–Kier alpha value is -1.02. The minimum Gasteiger partial charge on any atom is -0.547 e. The summed E-state index contributed by atoms with van der Waals surface area (Å²) in [5.74, 6) is 1.91. The summed E-state index contributed by atoms with van der Waals surface area (Å²) in [6.07, 6.45) is 5.76. The van der Waals surface area contributed by atoms with Crippen LogP contribution in [0, 0.1) is 0 Å². The van der Waals surface area contributed by atoms with E-state index in [-0.39, 0.29) is 5.04 Å². The third-order valence-corrected chi connectivity index (χ3v) is 9.22. The number of rotatable bonds is 3. The molecule has 1 aliphatic carbocycles. The first-order chi connectivity index (χ1) is 9.29. The van der Waals surface area contributed by atoms with Crippen molar-refractivity contribution in [2.45, 2.75) is 64.1 Å². The Kier molecular flexibility index (Phi) is 4.43. The van der Waals surface area contributed by atoms with E-state index in [1.807, 2.05) is 0 Å². The fraction of sp³-hybridized carbons (Fsp3) is 0.556. The van der Waals surface area contributed by atoms with Gasteiger partial charge >= 0.3 is 0 Å². The number of hydrogen-bond donors (Lipinski definition) is 0. The van der Waals surface area contributed by atoms with Gasteiger partial charge in [-0.05, 0) is 48.5 Å². The molecule has 1 aliphatic rings. The molecule has 0 N–H and O–H groups in total. The first kappa shape index (κ1) is 15.4. The predicted octanol–water partition coefficient (Wildman–Crippen LogP) is 5.86. The molecule has 0 aliphatic heterocycles. The summed E-state index contributed by atoms with van der Waals surface area (Å²) in [5.41, 5.74) is 1.47. The minimum absolute atomic E-state index is 0.282. The second-order valence-corrected chi connectivity index (χ2v) is 12.1. The van der Waals surface area contributed by atoms with Crippen LogP contribution >= 0.6 is 0 Å². The quantitative estimate of drug-likeness (QED) is 0.633. The van der Waals surface area contributed by atoms with E-state index >= 15 is 0 Å². The highest BCUT2D eigenvalue weighted by atomic mass is 28.4. The van der Waals surface area contributed by atoms with E-state index in [1.165, 1.54) is 17.7 Å². The molecule has 1 aromatic carbocycles. The Balaban J connectivity index is 2.00. The molecule has 0 radical (unpaired) electrons. The average molecular weight is 289 g/mol. The maximum Gasteiger partial charge on any atom is 0.250 e. The highest BCUT2D eigenvalue weighted by molar-refractivity contribution is 6.74. The van der Waals surface area contributed by atoms with Gasteiger partial charge in [0.2, 0.25) is 8.32 Å². The molecule has 0 heterocycles. The summed E-state index contributed by atoms with van der Waals surface area (Å²) in [6.45, 7) is 11.6. The molecule has 2 rings (SSSR count). The molecule has 0 amide bonds. The SMILES string of the molecule is CC(C)(C)[Si](C)(C)OC1=CC[C@H](c2ccccc2)CC1. The van der Waals surface area contributed by atoms with Crippen molar-refractivity contribution < 1.29 is 4.43 Å². The molecule has 0 saturated carbocycles. The van der Waals surface area contributed by atoms with Gasteiger partial charge in [-0.2, -0.15) is 0 Å². The summed E-state index contributed by atoms with van der Waals surface area (Å²) < 4.78 is 6.43. The highest BCUT2D eigenvalue weighted by Crippen LogP contribution is 2.40. The van der Waals surface area contributed by atoms with Gasteiger partial charge in [-0.15, -0.1) is 0 Å². The largest absolute Gasteiger partial charge is 0.547 e. The van der Waals surface area contributed by atoms with Crippen LogP contribution in [0.25, 0.3) is 0 Å². The van der Waals surface area contributed by atoms with Crippen LogP contribution in [0.5, 0.6) is 0 Å². The van der Waals surface area contributed by atoms with E-state index in [0.717, 1.165) is 12.8 Å². The average Bonchev–Trinajstić information content (AvgIpc) is 2.39.